The molecule has 1 aliphatic rings. The lowest BCUT2D eigenvalue weighted by atomic mass is 9.72. The Hall–Kier alpha value is -0.860. The van der Waals surface area contributed by atoms with Gasteiger partial charge in [0.15, 0.2) is 0 Å². The van der Waals surface area contributed by atoms with Crippen LogP contribution < -0.4 is 0 Å². The Morgan fingerprint density at radius 1 is 1.33 bits per heavy atom. The van der Waals surface area contributed by atoms with Gasteiger partial charge in [-0.15, -0.1) is 0 Å². The summed E-state index contributed by atoms with van der Waals surface area (Å²) in [6.07, 6.45) is 1.13. The second-order valence-corrected chi connectivity index (χ2v) is 3.34. The normalized spacial score (nSPS) is 26.2. The zero-order valence-corrected chi connectivity index (χ0v) is 6.83. The van der Waals surface area contributed by atoms with Crippen LogP contribution >= 0.6 is 0 Å². The van der Waals surface area contributed by atoms with Crippen LogP contribution in [0.4, 0.5) is 0 Å². The molecule has 0 saturated carbocycles. The minimum Gasteiger partial charge on any atom is -0.396 e. The predicted octanol–water partition coefficient (Wildman–Crippen LogP) is 0.813. The van der Waals surface area contributed by atoms with E-state index in [1.54, 1.807) is 0 Å². The van der Waals surface area contributed by atoms with Crippen LogP contribution in [-0.2, 0) is 12.0 Å². The van der Waals surface area contributed by atoms with Gasteiger partial charge in [-0.05, 0) is 11.1 Å². The lowest BCUT2D eigenvalue weighted by Crippen LogP contribution is -2.39. The van der Waals surface area contributed by atoms with Crippen LogP contribution in [0.1, 0.15) is 17.5 Å². The molecule has 0 aliphatic heterocycles. The van der Waals surface area contributed by atoms with E-state index in [1.807, 2.05) is 24.3 Å². The molecule has 1 atom stereocenters. The highest BCUT2D eigenvalue weighted by Crippen LogP contribution is 2.40. The summed E-state index contributed by atoms with van der Waals surface area (Å²) in [5.41, 5.74) is 1.44. The second kappa shape index (κ2) is 2.57. The molecule has 0 heterocycles. The third-order valence-electron chi connectivity index (χ3n) is 2.53. The SMILES string of the molecule is OCCC1(O)Cc2ccccc21. The average molecular weight is 164 g/mol. The highest BCUT2D eigenvalue weighted by Gasteiger charge is 2.39. The molecule has 0 aromatic heterocycles. The van der Waals surface area contributed by atoms with Crippen LogP contribution in [0.5, 0.6) is 0 Å². The molecule has 2 heteroatoms. The van der Waals surface area contributed by atoms with E-state index >= 15 is 0 Å². The number of hydrogen-bond acceptors (Lipinski definition) is 2. The number of benzene rings is 1. The topological polar surface area (TPSA) is 40.5 Å². The van der Waals surface area contributed by atoms with Crippen molar-refractivity contribution in [3.05, 3.63) is 35.4 Å². The summed E-state index contributed by atoms with van der Waals surface area (Å²) in [5.74, 6) is 0. The van der Waals surface area contributed by atoms with Gasteiger partial charge in [0, 0.05) is 19.4 Å². The molecule has 0 radical (unpaired) electrons. The van der Waals surface area contributed by atoms with E-state index in [0.29, 0.717) is 12.8 Å². The van der Waals surface area contributed by atoms with Crippen molar-refractivity contribution in [3.63, 3.8) is 0 Å². The summed E-state index contributed by atoms with van der Waals surface area (Å²) < 4.78 is 0. The highest BCUT2D eigenvalue weighted by molar-refractivity contribution is 5.42. The van der Waals surface area contributed by atoms with Crippen molar-refractivity contribution in [2.75, 3.05) is 6.61 Å². The number of aliphatic hydroxyl groups excluding tert-OH is 1. The van der Waals surface area contributed by atoms with Gasteiger partial charge < -0.3 is 10.2 Å². The monoisotopic (exact) mass is 164 g/mol. The molecule has 0 spiro atoms. The van der Waals surface area contributed by atoms with Crippen molar-refractivity contribution < 1.29 is 10.2 Å². The fourth-order valence-corrected chi connectivity index (χ4v) is 1.84. The van der Waals surface area contributed by atoms with Crippen LogP contribution in [0, 0.1) is 0 Å². The lowest BCUT2D eigenvalue weighted by Gasteiger charge is -2.39. The van der Waals surface area contributed by atoms with Gasteiger partial charge >= 0.3 is 0 Å². The minimum atomic E-state index is -0.745. The van der Waals surface area contributed by atoms with Gasteiger partial charge in [-0.2, -0.15) is 0 Å². The molecule has 0 bridgehead atoms. The molecule has 0 amide bonds. The number of rotatable bonds is 2. The maximum Gasteiger partial charge on any atom is 0.0961 e. The smallest absolute Gasteiger partial charge is 0.0961 e. The first-order chi connectivity index (χ1) is 5.76. The molecule has 1 aromatic carbocycles. The van der Waals surface area contributed by atoms with Gasteiger partial charge in [-0.25, -0.2) is 0 Å². The summed E-state index contributed by atoms with van der Waals surface area (Å²) in [4.78, 5) is 0. The van der Waals surface area contributed by atoms with E-state index < -0.39 is 5.60 Å². The van der Waals surface area contributed by atoms with E-state index in [2.05, 4.69) is 0 Å². The molecular formula is C10H12O2. The Morgan fingerprint density at radius 2 is 2.08 bits per heavy atom. The zero-order chi connectivity index (χ0) is 8.60. The van der Waals surface area contributed by atoms with Crippen LogP contribution in [0.15, 0.2) is 24.3 Å². The van der Waals surface area contributed by atoms with Crippen molar-refractivity contribution in [3.8, 4) is 0 Å². The Bertz CT molecular complexity index is 296. The fraction of sp³-hybridized carbons (Fsp3) is 0.400. The Balaban J connectivity index is 2.29. The summed E-state index contributed by atoms with van der Waals surface area (Å²) in [6.45, 7) is 0.0465. The molecule has 2 nitrogen and oxygen atoms in total. The van der Waals surface area contributed by atoms with E-state index in [1.165, 1.54) is 5.56 Å². The Labute approximate surface area is 71.5 Å². The third-order valence-corrected chi connectivity index (χ3v) is 2.53. The molecule has 2 rings (SSSR count). The zero-order valence-electron chi connectivity index (χ0n) is 6.83. The molecule has 0 saturated heterocycles. The van der Waals surface area contributed by atoms with Gasteiger partial charge in [-0.1, -0.05) is 24.3 Å². The van der Waals surface area contributed by atoms with E-state index in [9.17, 15) is 5.11 Å². The molecule has 64 valence electrons. The summed E-state index contributed by atoms with van der Waals surface area (Å²) in [7, 11) is 0. The Morgan fingerprint density at radius 3 is 2.75 bits per heavy atom. The molecule has 12 heavy (non-hydrogen) atoms. The molecule has 1 unspecified atom stereocenters. The molecular weight excluding hydrogens is 152 g/mol. The number of hydrogen-bond donors (Lipinski definition) is 2. The number of fused-ring (bicyclic) bond motifs is 1. The first-order valence-electron chi connectivity index (χ1n) is 4.18. The standard InChI is InChI=1S/C10H12O2/c11-6-5-10(12)7-8-3-1-2-4-9(8)10/h1-4,11-12H,5-7H2. The van der Waals surface area contributed by atoms with E-state index in [-0.39, 0.29) is 6.61 Å². The van der Waals surface area contributed by atoms with Gasteiger partial charge in [0.25, 0.3) is 0 Å². The van der Waals surface area contributed by atoms with Crippen molar-refractivity contribution >= 4 is 0 Å². The van der Waals surface area contributed by atoms with E-state index in [4.69, 9.17) is 5.11 Å². The van der Waals surface area contributed by atoms with Crippen molar-refractivity contribution in [1.82, 2.24) is 0 Å². The maximum atomic E-state index is 9.90. The quantitative estimate of drug-likeness (QED) is 0.679. The third kappa shape index (κ3) is 0.958. The van der Waals surface area contributed by atoms with E-state index in [0.717, 1.165) is 5.56 Å². The average Bonchev–Trinajstić information content (AvgIpc) is 2.04. The predicted molar refractivity (Wildman–Crippen MR) is 45.7 cm³/mol. The maximum absolute atomic E-state index is 9.90. The molecule has 1 aromatic rings. The summed E-state index contributed by atoms with van der Waals surface area (Å²) in [5, 5.41) is 18.6. The molecule has 2 N–H and O–H groups in total. The second-order valence-electron chi connectivity index (χ2n) is 3.34. The summed E-state index contributed by atoms with van der Waals surface area (Å²) in [6, 6.07) is 7.83. The van der Waals surface area contributed by atoms with Gasteiger partial charge in [0.05, 0.1) is 5.60 Å². The van der Waals surface area contributed by atoms with Crippen molar-refractivity contribution in [1.29, 1.82) is 0 Å². The van der Waals surface area contributed by atoms with Gasteiger partial charge in [-0.3, -0.25) is 0 Å². The van der Waals surface area contributed by atoms with Crippen LogP contribution in [-0.4, -0.2) is 16.8 Å². The van der Waals surface area contributed by atoms with Gasteiger partial charge in [0.2, 0.25) is 0 Å². The van der Waals surface area contributed by atoms with Crippen LogP contribution in [0.2, 0.25) is 0 Å². The van der Waals surface area contributed by atoms with Crippen molar-refractivity contribution in [2.45, 2.75) is 18.4 Å². The number of aliphatic hydroxyl groups is 2. The largest absolute Gasteiger partial charge is 0.396 e. The van der Waals surface area contributed by atoms with Crippen LogP contribution in [0.3, 0.4) is 0 Å². The summed E-state index contributed by atoms with van der Waals surface area (Å²) >= 11 is 0. The highest BCUT2D eigenvalue weighted by atomic mass is 16.3. The van der Waals surface area contributed by atoms with Crippen LogP contribution in [0.25, 0.3) is 0 Å². The van der Waals surface area contributed by atoms with Crippen molar-refractivity contribution in [2.24, 2.45) is 0 Å². The van der Waals surface area contributed by atoms with Gasteiger partial charge in [0.1, 0.15) is 0 Å². The Kier molecular flexibility index (Phi) is 1.67. The fourth-order valence-electron chi connectivity index (χ4n) is 1.84. The molecule has 1 aliphatic carbocycles. The first-order valence-corrected chi connectivity index (χ1v) is 4.18. The lowest BCUT2D eigenvalue weighted by molar-refractivity contribution is -0.0101. The molecule has 0 fully saturated rings. The minimum absolute atomic E-state index is 0.0465. The first kappa shape index (κ1) is 7.77.